The smallest absolute Gasteiger partial charge is 0.257 e. The Morgan fingerprint density at radius 1 is 0.906 bits per heavy atom. The third-order valence-electron chi connectivity index (χ3n) is 4.83. The molecule has 0 spiro atoms. The Morgan fingerprint density at radius 3 is 2.34 bits per heavy atom. The van der Waals surface area contributed by atoms with Gasteiger partial charge in [-0.15, -0.1) is 0 Å². The number of thiocarbonyl (C=S) groups is 1. The minimum Gasteiger partial charge on any atom is -0.496 e. The molecule has 0 aliphatic carbocycles. The summed E-state index contributed by atoms with van der Waals surface area (Å²) < 4.78 is 5.83. The molecule has 0 aromatic heterocycles. The summed E-state index contributed by atoms with van der Waals surface area (Å²) in [5, 5.41) is 8.54. The second kappa shape index (κ2) is 10.4. The number of para-hydroxylation sites is 1. The van der Waals surface area contributed by atoms with E-state index < -0.39 is 0 Å². The average Bonchev–Trinajstić information content (AvgIpc) is 2.76. The van der Waals surface area contributed by atoms with Crippen molar-refractivity contribution in [2.75, 3.05) is 17.7 Å². The van der Waals surface area contributed by atoms with Crippen LogP contribution in [0.2, 0.25) is 0 Å². The summed E-state index contributed by atoms with van der Waals surface area (Å²) in [6.45, 7) is 4.00. The molecule has 0 fully saturated rings. The van der Waals surface area contributed by atoms with Gasteiger partial charge in [-0.3, -0.25) is 14.9 Å². The number of anilines is 2. The first-order chi connectivity index (χ1) is 15.3. The van der Waals surface area contributed by atoms with E-state index in [2.05, 4.69) is 31.9 Å². The van der Waals surface area contributed by atoms with Crippen molar-refractivity contribution in [1.29, 1.82) is 0 Å². The Labute approximate surface area is 200 Å². The maximum absolute atomic E-state index is 12.9. The number of hydrogen-bond donors (Lipinski definition) is 3. The number of aryl methyl sites for hydroxylation is 2. The lowest BCUT2D eigenvalue weighted by molar-refractivity contribution is 0.0976. The largest absolute Gasteiger partial charge is 0.496 e. The first-order valence-corrected chi connectivity index (χ1v) is 10.9. The Bertz CT molecular complexity index is 1200. The molecule has 3 aromatic rings. The van der Waals surface area contributed by atoms with Crippen molar-refractivity contribution in [2.45, 2.75) is 13.8 Å². The third kappa shape index (κ3) is 5.72. The number of hydrogen-bond acceptors (Lipinski definition) is 4. The zero-order valence-corrected chi connectivity index (χ0v) is 20.2. The maximum atomic E-state index is 12.9. The number of methoxy groups -OCH3 is 1. The summed E-state index contributed by atoms with van der Waals surface area (Å²) >= 11 is 8.65. The lowest BCUT2D eigenvalue weighted by Gasteiger charge is -2.14. The van der Waals surface area contributed by atoms with Gasteiger partial charge in [0.2, 0.25) is 0 Å². The van der Waals surface area contributed by atoms with E-state index in [9.17, 15) is 9.59 Å². The van der Waals surface area contributed by atoms with Crippen LogP contribution in [0.5, 0.6) is 5.75 Å². The van der Waals surface area contributed by atoms with Crippen LogP contribution >= 0.6 is 28.1 Å². The number of halogens is 1. The first-order valence-electron chi connectivity index (χ1n) is 9.72. The lowest BCUT2D eigenvalue weighted by Crippen LogP contribution is -2.34. The average molecular weight is 512 g/mol. The second-order valence-corrected chi connectivity index (χ2v) is 8.32. The van der Waals surface area contributed by atoms with Gasteiger partial charge in [0.1, 0.15) is 5.75 Å². The fourth-order valence-electron chi connectivity index (χ4n) is 2.94. The molecular weight excluding hydrogens is 490 g/mol. The fraction of sp³-hybridized carbons (Fsp3) is 0.125. The summed E-state index contributed by atoms with van der Waals surface area (Å²) in [7, 11) is 1.55. The van der Waals surface area contributed by atoms with Crippen LogP contribution in [0.25, 0.3) is 0 Å². The van der Waals surface area contributed by atoms with E-state index in [4.69, 9.17) is 17.0 Å². The summed E-state index contributed by atoms with van der Waals surface area (Å²) in [6.07, 6.45) is 0. The van der Waals surface area contributed by atoms with E-state index in [1.165, 1.54) is 0 Å². The molecule has 0 atom stereocenters. The van der Waals surface area contributed by atoms with Crippen LogP contribution in [0.1, 0.15) is 31.8 Å². The van der Waals surface area contributed by atoms with Gasteiger partial charge in [-0.05, 0) is 95.6 Å². The van der Waals surface area contributed by atoms with Gasteiger partial charge in [0.25, 0.3) is 11.8 Å². The second-order valence-electron chi connectivity index (χ2n) is 7.06. The zero-order chi connectivity index (χ0) is 23.3. The highest BCUT2D eigenvalue weighted by atomic mass is 79.9. The van der Waals surface area contributed by atoms with Crippen molar-refractivity contribution in [1.82, 2.24) is 5.32 Å². The molecule has 0 aliphatic rings. The lowest BCUT2D eigenvalue weighted by atomic mass is 10.1. The van der Waals surface area contributed by atoms with Crippen molar-refractivity contribution >= 4 is 56.4 Å². The molecule has 3 rings (SSSR count). The quantitative estimate of drug-likeness (QED) is 0.396. The molecule has 164 valence electrons. The van der Waals surface area contributed by atoms with Crippen LogP contribution < -0.4 is 20.7 Å². The van der Waals surface area contributed by atoms with Crippen LogP contribution in [-0.4, -0.2) is 24.0 Å². The number of ether oxygens (including phenoxy) is 1. The monoisotopic (exact) mass is 511 g/mol. The molecule has 6 nitrogen and oxygen atoms in total. The van der Waals surface area contributed by atoms with Gasteiger partial charge in [-0.1, -0.05) is 18.2 Å². The fourth-order valence-corrected chi connectivity index (χ4v) is 3.69. The highest BCUT2D eigenvalue weighted by Gasteiger charge is 2.15. The Morgan fingerprint density at radius 2 is 1.66 bits per heavy atom. The van der Waals surface area contributed by atoms with Crippen molar-refractivity contribution in [3.05, 3.63) is 87.4 Å². The molecule has 2 amide bonds. The van der Waals surface area contributed by atoms with Gasteiger partial charge in [0.05, 0.1) is 22.8 Å². The highest BCUT2D eigenvalue weighted by molar-refractivity contribution is 9.10. The van der Waals surface area contributed by atoms with Crippen LogP contribution in [-0.2, 0) is 0 Å². The molecule has 0 heterocycles. The zero-order valence-electron chi connectivity index (χ0n) is 17.8. The molecule has 3 aromatic carbocycles. The van der Waals surface area contributed by atoms with Crippen LogP contribution in [0.4, 0.5) is 11.4 Å². The topological polar surface area (TPSA) is 79.5 Å². The van der Waals surface area contributed by atoms with Gasteiger partial charge in [-0.2, -0.15) is 0 Å². The van der Waals surface area contributed by atoms with E-state index >= 15 is 0 Å². The minimum atomic E-state index is -0.386. The highest BCUT2D eigenvalue weighted by Crippen LogP contribution is 2.25. The van der Waals surface area contributed by atoms with Crippen molar-refractivity contribution in [3.8, 4) is 5.75 Å². The summed E-state index contributed by atoms with van der Waals surface area (Å²) in [5.41, 5.74) is 4.22. The molecule has 0 bridgehead atoms. The molecule has 8 heteroatoms. The molecule has 0 aliphatic heterocycles. The van der Waals surface area contributed by atoms with Crippen molar-refractivity contribution in [3.63, 3.8) is 0 Å². The Kier molecular flexibility index (Phi) is 7.61. The normalized spacial score (nSPS) is 10.2. The van der Waals surface area contributed by atoms with E-state index in [1.807, 2.05) is 32.0 Å². The van der Waals surface area contributed by atoms with Crippen LogP contribution in [0.3, 0.4) is 0 Å². The van der Waals surface area contributed by atoms with E-state index in [-0.39, 0.29) is 16.9 Å². The minimum absolute atomic E-state index is 0.0772. The Hall–Kier alpha value is -3.23. The number of benzene rings is 3. The van der Waals surface area contributed by atoms with Gasteiger partial charge < -0.3 is 15.4 Å². The predicted molar refractivity (Wildman–Crippen MR) is 135 cm³/mol. The molecule has 0 unspecified atom stereocenters. The summed E-state index contributed by atoms with van der Waals surface area (Å²) in [4.78, 5) is 25.4. The van der Waals surface area contributed by atoms with E-state index in [1.54, 1.807) is 49.6 Å². The Balaban J connectivity index is 1.70. The number of nitrogens with one attached hydrogen (secondary N) is 3. The summed E-state index contributed by atoms with van der Waals surface area (Å²) in [5.74, 6) is -0.0570. The predicted octanol–water partition coefficient (Wildman–Crippen LogP) is 5.45. The number of amides is 2. The maximum Gasteiger partial charge on any atom is 0.257 e. The molecular formula is C24H22BrN3O3S. The molecule has 32 heavy (non-hydrogen) atoms. The molecule has 0 saturated heterocycles. The SMILES string of the molecule is COc1ccc(C(=O)NC(=S)Nc2ccccc2C(=O)Nc2ccc(C)c(C)c2)cc1Br. The standard InChI is InChI=1S/C24H22BrN3O3S/c1-14-8-10-17(12-15(14)2)26-23(30)18-6-4-5-7-20(18)27-24(32)28-22(29)16-9-11-21(31-3)19(25)13-16/h4-13H,1-3H3,(H,26,30)(H2,27,28,29,32). The van der Waals surface area contributed by atoms with Crippen LogP contribution in [0, 0.1) is 13.8 Å². The van der Waals surface area contributed by atoms with Gasteiger partial charge in [-0.25, -0.2) is 0 Å². The van der Waals surface area contributed by atoms with Gasteiger partial charge in [0.15, 0.2) is 5.11 Å². The van der Waals surface area contributed by atoms with Crippen LogP contribution in [0.15, 0.2) is 65.1 Å². The molecule has 0 saturated carbocycles. The molecule has 3 N–H and O–H groups in total. The van der Waals surface area contributed by atoms with E-state index in [0.717, 1.165) is 11.1 Å². The van der Waals surface area contributed by atoms with Crippen molar-refractivity contribution < 1.29 is 14.3 Å². The third-order valence-corrected chi connectivity index (χ3v) is 5.65. The number of carbonyl (C=O) groups excluding carboxylic acids is 2. The summed E-state index contributed by atoms with van der Waals surface area (Å²) in [6, 6.07) is 17.6. The number of carbonyl (C=O) groups is 2. The van der Waals surface area contributed by atoms with Gasteiger partial charge >= 0.3 is 0 Å². The van der Waals surface area contributed by atoms with Crippen molar-refractivity contribution in [2.24, 2.45) is 0 Å². The van der Waals surface area contributed by atoms with Gasteiger partial charge in [0, 0.05) is 11.3 Å². The van der Waals surface area contributed by atoms with E-state index in [0.29, 0.717) is 32.7 Å². The molecule has 0 radical (unpaired) electrons. The first kappa shape index (κ1) is 23.4. The number of rotatable bonds is 5.